The first-order chi connectivity index (χ1) is 53.2. The molecule has 112 heavy (non-hydrogen) atoms. The molecule has 1 N–H and O–H groups in total. The number of sulfone groups is 1. The number of para-hydroxylation sites is 5. The molecule has 0 aromatic heterocycles. The maximum atomic E-state index is 11.7. The molecule has 11 fully saturated rings. The van der Waals surface area contributed by atoms with Gasteiger partial charge in [0.05, 0.1) is 17.6 Å². The summed E-state index contributed by atoms with van der Waals surface area (Å²) in [6.45, 7) is 53.7. The van der Waals surface area contributed by atoms with E-state index in [4.69, 9.17) is 0 Å². The van der Waals surface area contributed by atoms with Gasteiger partial charge in [-0.2, -0.15) is 0 Å². The van der Waals surface area contributed by atoms with E-state index < -0.39 is 9.84 Å². The number of likely N-dealkylation sites (N-methyl/N-ethyl adjacent to an activating group) is 2. The summed E-state index contributed by atoms with van der Waals surface area (Å²) in [4.78, 5) is 31.1. The van der Waals surface area contributed by atoms with Crippen molar-refractivity contribution in [3.05, 3.63) is 149 Å². The van der Waals surface area contributed by atoms with Gasteiger partial charge in [0.2, 0.25) is 0 Å². The molecule has 11 heterocycles. The lowest BCUT2D eigenvalue weighted by molar-refractivity contribution is 0.121. The average Bonchev–Trinajstić information content (AvgIpc) is 1.60. The van der Waals surface area contributed by atoms with Crippen molar-refractivity contribution in [2.24, 2.45) is 0 Å². The minimum atomic E-state index is -2.84. The van der Waals surface area contributed by atoms with Crippen molar-refractivity contribution in [3.63, 3.8) is 0 Å². The highest BCUT2D eigenvalue weighted by Gasteiger charge is 2.43. The first kappa shape index (κ1) is 86.1. The number of aliphatic hydroxyl groups excluding tert-OH is 1. The summed E-state index contributed by atoms with van der Waals surface area (Å²) in [7, 11) is 1.71. The molecule has 2 bridgehead atoms. The molecule has 7 atom stereocenters. The Kier molecular flexibility index (Phi) is 28.5. The molecule has 0 radical (unpaired) electrons. The number of hydrogen-bond acceptors (Lipinski definition) is 15. The van der Waals surface area contributed by atoms with Crippen molar-refractivity contribution in [2.45, 2.75) is 289 Å². The fraction of sp³-hybridized carbons (Fsp3) is 0.688. The summed E-state index contributed by atoms with van der Waals surface area (Å²) >= 11 is 0. The minimum absolute atomic E-state index is 0.110. The molecule has 11 aliphatic rings. The number of piperazine rings is 2. The Labute approximate surface area is 681 Å². The van der Waals surface area contributed by atoms with Gasteiger partial charge in [0, 0.05) is 177 Å². The molecule has 16 heteroatoms. The van der Waals surface area contributed by atoms with Gasteiger partial charge >= 0.3 is 0 Å². The Hall–Kier alpha value is -5.27. The summed E-state index contributed by atoms with van der Waals surface area (Å²) < 4.78 is 23.4. The van der Waals surface area contributed by atoms with Gasteiger partial charge in [-0.3, -0.25) is 29.4 Å². The normalized spacial score (nSPS) is 26.5. The van der Waals surface area contributed by atoms with Crippen molar-refractivity contribution < 1.29 is 13.5 Å². The van der Waals surface area contributed by atoms with Crippen molar-refractivity contribution in [1.29, 1.82) is 0 Å². The predicted molar refractivity (Wildman–Crippen MR) is 475 cm³/mol. The lowest BCUT2D eigenvalue weighted by atomic mass is 9.96. The Morgan fingerprint density at radius 1 is 0.286 bits per heavy atom. The van der Waals surface area contributed by atoms with Gasteiger partial charge in [0.25, 0.3) is 0 Å². The van der Waals surface area contributed by atoms with Gasteiger partial charge in [-0.15, -0.1) is 0 Å². The summed E-state index contributed by atoms with van der Waals surface area (Å²) in [6, 6.07) is 49.2. The molecule has 0 saturated carbocycles. The molecule has 5 aromatic carbocycles. The van der Waals surface area contributed by atoms with E-state index >= 15 is 0 Å². The van der Waals surface area contributed by atoms with Crippen molar-refractivity contribution >= 4 is 38.3 Å². The molecule has 0 aliphatic carbocycles. The van der Waals surface area contributed by atoms with Crippen LogP contribution in [0.25, 0.3) is 0 Å². The zero-order valence-corrected chi connectivity index (χ0v) is 74.0. The second-order valence-corrected chi connectivity index (χ2v) is 42.4. The highest BCUT2D eigenvalue weighted by molar-refractivity contribution is 7.91. The summed E-state index contributed by atoms with van der Waals surface area (Å²) in [5.41, 5.74) is 15.7. The third-order valence-electron chi connectivity index (χ3n) is 27.3. The van der Waals surface area contributed by atoms with Crippen LogP contribution in [0.2, 0.25) is 0 Å². The number of hydrogen-bond donors (Lipinski definition) is 1. The molecule has 0 amide bonds. The third-order valence-corrected chi connectivity index (χ3v) is 28.9. The number of anilines is 5. The molecular weight excluding hydrogens is 1400 g/mol. The van der Waals surface area contributed by atoms with Crippen LogP contribution in [0.5, 0.6) is 0 Å². The molecule has 0 spiro atoms. The van der Waals surface area contributed by atoms with Crippen LogP contribution < -0.4 is 24.5 Å². The third kappa shape index (κ3) is 21.2. The van der Waals surface area contributed by atoms with Crippen LogP contribution in [0, 0.1) is 0 Å². The monoisotopic (exact) mass is 1550 g/mol. The van der Waals surface area contributed by atoms with E-state index in [0.717, 1.165) is 57.6 Å². The minimum Gasteiger partial charge on any atom is -0.393 e. The first-order valence-electron chi connectivity index (χ1n) is 44.6. The predicted octanol–water partition coefficient (Wildman–Crippen LogP) is 18.3. The fourth-order valence-corrected chi connectivity index (χ4v) is 22.5. The molecule has 16 rings (SSSR count). The van der Waals surface area contributed by atoms with Crippen LogP contribution in [0.4, 0.5) is 28.4 Å². The van der Waals surface area contributed by atoms with Crippen LogP contribution in [0.1, 0.15) is 271 Å². The summed E-state index contributed by atoms with van der Waals surface area (Å²) in [5.74, 6) is 0.546. The topological polar surface area (TPSA) is 93.2 Å². The van der Waals surface area contributed by atoms with E-state index in [9.17, 15) is 13.5 Å². The quantitative estimate of drug-likeness (QED) is 0.144. The van der Waals surface area contributed by atoms with E-state index in [0.29, 0.717) is 43.3 Å². The lowest BCUT2D eigenvalue weighted by Crippen LogP contribution is -2.52. The molecule has 620 valence electrons. The zero-order valence-electron chi connectivity index (χ0n) is 73.2. The van der Waals surface area contributed by atoms with Gasteiger partial charge in [0.15, 0.2) is 9.84 Å². The summed E-state index contributed by atoms with van der Waals surface area (Å²) in [5, 5.41) is 9.77. The van der Waals surface area contributed by atoms with E-state index in [1.807, 2.05) is 0 Å². The Balaban J connectivity index is 0.000000130. The van der Waals surface area contributed by atoms with Crippen LogP contribution in [0.3, 0.4) is 0 Å². The standard InChI is InChI=1S/C21H33N3.C19H31N3.C19H30N2O.C19H30N2.C18H28N2O2S/c1-21(2,3)24-13-7-10-20(24)18-8-5-6-9-19(18)23-14-16-11-12-17(15-23)22(16)4;1-19(2,3)22-11-7-10-18(22)16-8-5-6-9-17(16)21-14-12-20(4)13-15-21;1-19(2,3)21-12-6-9-18(21)16-7-4-5-8-17(16)20-13-10-15(22)11-14-20;1-19(2,3)21-15-9-12-18(21)16-10-5-6-11-17(16)20-13-7-4-8-14-20;1-18(2,3)20-10-6-9-17(20)15-7-4-5-8-16(15)19-11-13-23(21,22)14-12-19/h5-6,8-9,16-17,20H,7,10-15H2,1-4H3;5-6,8-9,18H,7,10-15H2,1-4H3;4-5,7-8,15,18,22H,6,9-14H2,1-3H3;5-6,10-11,18H,4,7-9,12-15H2,1-3H3;4-5,7-8,17H,6,9-14H2,1-3H3/t;;;;17-/m....1/s1. The van der Waals surface area contributed by atoms with Crippen LogP contribution in [-0.4, -0.2) is 231 Å². The van der Waals surface area contributed by atoms with Crippen molar-refractivity contribution in [2.75, 3.05) is 161 Å². The zero-order chi connectivity index (χ0) is 79.9. The Bertz CT molecular complexity index is 3760. The molecule has 5 aromatic rings. The molecule has 6 unspecified atom stereocenters. The molecule has 15 nitrogen and oxygen atoms in total. The SMILES string of the molecule is CC(C)(C)N1CCCC1c1ccccc1N1CCC(O)CC1.CC(C)(C)N1CCCC1c1ccccc1N1CCCCC1.CC(C)(C)N1CCC[C@@H]1c1ccccc1N1CCS(=O)(=O)CC1.CN1C2CCC1CN(c1ccccc1C1CCCN1C(C)(C)C)C2.CN1CCN(c2ccccc2C2CCCN2C(C)(C)C)CC1. The maximum absolute atomic E-state index is 11.7. The Morgan fingerprint density at radius 3 is 0.839 bits per heavy atom. The van der Waals surface area contributed by atoms with Crippen LogP contribution in [0.15, 0.2) is 121 Å². The van der Waals surface area contributed by atoms with E-state index in [1.165, 1.54) is 201 Å². The number of benzene rings is 5. The highest BCUT2D eigenvalue weighted by Crippen LogP contribution is 2.48. The van der Waals surface area contributed by atoms with Crippen LogP contribution in [-0.2, 0) is 9.84 Å². The second-order valence-electron chi connectivity index (χ2n) is 40.1. The average molecular weight is 1550 g/mol. The lowest BCUT2D eigenvalue weighted by Gasteiger charge is -2.43. The number of rotatable bonds is 10. The fourth-order valence-electron chi connectivity index (χ4n) is 21.3. The van der Waals surface area contributed by atoms with Gasteiger partial charge in [-0.1, -0.05) is 91.0 Å². The van der Waals surface area contributed by atoms with Gasteiger partial charge < -0.3 is 34.5 Å². The molecule has 11 saturated heterocycles. The highest BCUT2D eigenvalue weighted by atomic mass is 32.2. The number of aliphatic hydroxyl groups is 1. The van der Waals surface area contributed by atoms with E-state index in [-0.39, 0.29) is 45.3 Å². The number of likely N-dealkylation sites (tertiary alicyclic amines) is 5. The maximum Gasteiger partial charge on any atom is 0.153 e. The molecule has 11 aliphatic heterocycles. The number of nitrogens with zero attached hydrogens (tertiary/aromatic N) is 12. The smallest absolute Gasteiger partial charge is 0.153 e. The molecular formula is C96H152N12O3S. The van der Waals surface area contributed by atoms with Crippen molar-refractivity contribution in [3.8, 4) is 0 Å². The first-order valence-corrected chi connectivity index (χ1v) is 46.4. The van der Waals surface area contributed by atoms with E-state index in [1.54, 1.807) is 16.7 Å². The number of fused-ring (bicyclic) bond motifs is 2. The second kappa shape index (κ2) is 37.1. The van der Waals surface area contributed by atoms with Gasteiger partial charge in [-0.25, -0.2) is 8.42 Å². The van der Waals surface area contributed by atoms with Gasteiger partial charge in [-0.05, 0) is 318 Å². The van der Waals surface area contributed by atoms with Crippen molar-refractivity contribution in [1.82, 2.24) is 34.3 Å². The summed E-state index contributed by atoms with van der Waals surface area (Å²) in [6.07, 6.45) is 21.3. The number of piperidine rings is 2. The Morgan fingerprint density at radius 2 is 0.545 bits per heavy atom. The van der Waals surface area contributed by atoms with Crippen LogP contribution >= 0.6 is 0 Å². The van der Waals surface area contributed by atoms with Gasteiger partial charge in [0.1, 0.15) is 0 Å². The van der Waals surface area contributed by atoms with E-state index in [2.05, 4.69) is 298 Å². The largest absolute Gasteiger partial charge is 0.393 e.